The number of carbonyl (C=O) groups is 2. The fourth-order valence-electron chi connectivity index (χ4n) is 3.52. The Morgan fingerprint density at radius 1 is 0.865 bits per heavy atom. The van der Waals surface area contributed by atoms with E-state index in [0.717, 1.165) is 6.07 Å². The van der Waals surface area contributed by atoms with Crippen molar-refractivity contribution in [1.29, 1.82) is 0 Å². The van der Waals surface area contributed by atoms with Crippen LogP contribution in [0.5, 0.6) is 23.0 Å². The fraction of sp³-hybridized carbons (Fsp3) is 0.115. The van der Waals surface area contributed by atoms with Crippen LogP contribution in [0.25, 0.3) is 10.9 Å². The Kier molecular flexibility index (Phi) is 7.42. The third-order valence-electron chi connectivity index (χ3n) is 5.27. The summed E-state index contributed by atoms with van der Waals surface area (Å²) in [6, 6.07) is 11.2. The summed E-state index contributed by atoms with van der Waals surface area (Å²) in [5.74, 6) is -3.20. The monoisotopic (exact) mass is 511 g/mol. The normalized spacial score (nSPS) is 10.6. The number of hydrogen-bond donors (Lipinski definition) is 2. The maximum atomic E-state index is 15.2. The van der Waals surface area contributed by atoms with Crippen LogP contribution >= 0.6 is 0 Å². The van der Waals surface area contributed by atoms with Gasteiger partial charge < -0.3 is 19.5 Å². The smallest absolute Gasteiger partial charge is 0.325 e. The van der Waals surface area contributed by atoms with E-state index in [1.54, 1.807) is 12.1 Å². The number of nitrogens with zero attached hydrogens (tertiary/aromatic N) is 1. The second-order valence-corrected chi connectivity index (χ2v) is 7.65. The van der Waals surface area contributed by atoms with Crippen LogP contribution < -0.4 is 24.8 Å². The predicted molar refractivity (Wildman–Crippen MR) is 129 cm³/mol. The van der Waals surface area contributed by atoms with Crippen molar-refractivity contribution in [3.8, 4) is 23.0 Å². The number of fused-ring (bicyclic) bond motifs is 1. The van der Waals surface area contributed by atoms with Gasteiger partial charge in [-0.1, -0.05) is 18.2 Å². The summed E-state index contributed by atoms with van der Waals surface area (Å²) < 4.78 is 58.6. The van der Waals surface area contributed by atoms with Gasteiger partial charge in [0.15, 0.2) is 34.7 Å². The van der Waals surface area contributed by atoms with Gasteiger partial charge in [-0.2, -0.15) is 0 Å². The van der Waals surface area contributed by atoms with Crippen LogP contribution in [0.3, 0.4) is 0 Å². The molecule has 0 fully saturated rings. The van der Waals surface area contributed by atoms with Crippen LogP contribution in [0, 0.1) is 17.5 Å². The third-order valence-corrected chi connectivity index (χ3v) is 5.27. The summed E-state index contributed by atoms with van der Waals surface area (Å²) in [5, 5.41) is 4.67. The van der Waals surface area contributed by atoms with Gasteiger partial charge in [0.25, 0.3) is 0 Å². The summed E-state index contributed by atoms with van der Waals surface area (Å²) in [5.41, 5.74) is 0.000477. The van der Waals surface area contributed by atoms with Crippen molar-refractivity contribution in [3.63, 3.8) is 0 Å². The zero-order chi connectivity index (χ0) is 26.5. The Hall–Kier alpha value is -4.80. The Bertz CT molecular complexity index is 1500. The molecule has 0 saturated carbocycles. The highest BCUT2D eigenvalue weighted by Crippen LogP contribution is 2.38. The highest BCUT2D eigenvalue weighted by atomic mass is 19.2. The van der Waals surface area contributed by atoms with Crippen LogP contribution in [0.15, 0.2) is 60.8 Å². The van der Waals surface area contributed by atoms with E-state index in [1.165, 1.54) is 56.8 Å². The molecular formula is C26H20F3N3O5. The van der Waals surface area contributed by atoms with Crippen molar-refractivity contribution in [2.45, 2.75) is 6.42 Å². The van der Waals surface area contributed by atoms with Gasteiger partial charge in [0, 0.05) is 23.2 Å². The Labute approximate surface area is 209 Å². The maximum absolute atomic E-state index is 15.2. The highest BCUT2D eigenvalue weighted by molar-refractivity contribution is 6.01. The summed E-state index contributed by atoms with van der Waals surface area (Å²) in [6.45, 7) is 0. The number of nitrogens with one attached hydrogen (secondary N) is 2. The number of urea groups is 1. The minimum atomic E-state index is -1.19. The van der Waals surface area contributed by atoms with Crippen LogP contribution in [0.4, 0.5) is 23.7 Å². The topological polar surface area (TPSA) is 98.8 Å². The van der Waals surface area contributed by atoms with Crippen LogP contribution in [-0.4, -0.2) is 31.1 Å². The molecule has 0 aliphatic rings. The minimum absolute atomic E-state index is 0.215. The Balaban J connectivity index is 1.50. The summed E-state index contributed by atoms with van der Waals surface area (Å²) in [7, 11) is 2.96. The number of amides is 3. The standard InChI is InChI=1S/C26H20F3N3O5/c1-35-21-12-15-18(13-22(21)36-2)30-10-9-19(15)37-20-8-4-7-17(25(20)29)31-26(34)32-23(33)11-14-5-3-6-16(27)24(14)28/h3-10,12-13H,11H2,1-2H3,(H2,31,32,33,34). The number of anilines is 1. The largest absolute Gasteiger partial charge is 0.493 e. The van der Waals surface area contributed by atoms with Gasteiger partial charge in [0.2, 0.25) is 5.91 Å². The molecule has 1 heterocycles. The molecule has 4 rings (SSSR count). The number of halogens is 3. The average molecular weight is 511 g/mol. The van der Waals surface area contributed by atoms with E-state index in [2.05, 4.69) is 10.3 Å². The van der Waals surface area contributed by atoms with Crippen LogP contribution in [-0.2, 0) is 11.2 Å². The van der Waals surface area contributed by atoms with Gasteiger partial charge in [0.05, 0.1) is 31.8 Å². The number of carbonyl (C=O) groups excluding carboxylic acids is 2. The SMILES string of the molecule is COc1cc2nccc(Oc3cccc(NC(=O)NC(=O)Cc4cccc(F)c4F)c3F)c2cc1OC. The zero-order valence-electron chi connectivity index (χ0n) is 19.6. The molecule has 0 spiro atoms. The number of hydrogen-bond acceptors (Lipinski definition) is 6. The zero-order valence-corrected chi connectivity index (χ0v) is 19.6. The van der Waals surface area contributed by atoms with Crippen LogP contribution in [0.1, 0.15) is 5.56 Å². The van der Waals surface area contributed by atoms with E-state index in [-0.39, 0.29) is 22.7 Å². The molecule has 0 radical (unpaired) electrons. The minimum Gasteiger partial charge on any atom is -0.493 e. The number of pyridine rings is 1. The molecule has 0 unspecified atom stereocenters. The number of aromatic nitrogens is 1. The lowest BCUT2D eigenvalue weighted by molar-refractivity contribution is -0.119. The molecule has 190 valence electrons. The van der Waals surface area contributed by atoms with Crippen molar-refractivity contribution in [1.82, 2.24) is 10.3 Å². The van der Waals surface area contributed by atoms with E-state index >= 15 is 4.39 Å². The molecule has 0 saturated heterocycles. The lowest BCUT2D eigenvalue weighted by Gasteiger charge is -2.14. The highest BCUT2D eigenvalue weighted by Gasteiger charge is 2.18. The van der Waals surface area contributed by atoms with E-state index in [0.29, 0.717) is 22.4 Å². The molecule has 11 heteroatoms. The number of rotatable bonds is 7. The maximum Gasteiger partial charge on any atom is 0.325 e. The molecule has 1 aromatic heterocycles. The molecular weight excluding hydrogens is 491 g/mol. The summed E-state index contributed by atoms with van der Waals surface area (Å²) >= 11 is 0. The number of methoxy groups -OCH3 is 2. The van der Waals surface area contributed by atoms with Crippen molar-refractivity contribution >= 4 is 28.5 Å². The van der Waals surface area contributed by atoms with E-state index in [9.17, 15) is 18.4 Å². The summed E-state index contributed by atoms with van der Waals surface area (Å²) in [6.07, 6.45) is 0.885. The molecule has 0 bridgehead atoms. The van der Waals surface area contributed by atoms with Gasteiger partial charge in [-0.05, 0) is 30.3 Å². The molecule has 3 aromatic carbocycles. The second-order valence-electron chi connectivity index (χ2n) is 7.65. The molecule has 37 heavy (non-hydrogen) atoms. The van der Waals surface area contributed by atoms with Gasteiger partial charge in [-0.3, -0.25) is 15.1 Å². The molecule has 0 aliphatic heterocycles. The number of imide groups is 1. The molecule has 4 aromatic rings. The molecule has 8 nitrogen and oxygen atoms in total. The molecule has 3 amide bonds. The van der Waals surface area contributed by atoms with E-state index in [4.69, 9.17) is 14.2 Å². The molecule has 0 aliphatic carbocycles. The van der Waals surface area contributed by atoms with Gasteiger partial charge >= 0.3 is 6.03 Å². The Morgan fingerprint density at radius 2 is 1.59 bits per heavy atom. The first-order chi connectivity index (χ1) is 17.8. The van der Waals surface area contributed by atoms with Crippen LogP contribution in [0.2, 0.25) is 0 Å². The third kappa shape index (κ3) is 5.56. The van der Waals surface area contributed by atoms with Crippen molar-refractivity contribution in [3.05, 3.63) is 83.8 Å². The van der Waals surface area contributed by atoms with Gasteiger partial charge in [-0.25, -0.2) is 18.0 Å². The van der Waals surface area contributed by atoms with Gasteiger partial charge in [-0.15, -0.1) is 0 Å². The van der Waals surface area contributed by atoms with Crippen molar-refractivity contribution in [2.75, 3.05) is 19.5 Å². The molecule has 2 N–H and O–H groups in total. The Morgan fingerprint density at radius 3 is 2.35 bits per heavy atom. The van der Waals surface area contributed by atoms with Gasteiger partial charge in [0.1, 0.15) is 5.75 Å². The fourth-order valence-corrected chi connectivity index (χ4v) is 3.52. The van der Waals surface area contributed by atoms with Crippen molar-refractivity contribution < 1.29 is 37.0 Å². The first kappa shape index (κ1) is 25.3. The number of ether oxygens (including phenoxy) is 3. The van der Waals surface area contributed by atoms with E-state index in [1.807, 2.05) is 5.32 Å². The number of benzene rings is 3. The average Bonchev–Trinajstić information content (AvgIpc) is 2.88. The first-order valence-corrected chi connectivity index (χ1v) is 10.8. The summed E-state index contributed by atoms with van der Waals surface area (Å²) in [4.78, 5) is 28.6. The second kappa shape index (κ2) is 10.9. The lowest BCUT2D eigenvalue weighted by atomic mass is 10.1. The lowest BCUT2D eigenvalue weighted by Crippen LogP contribution is -2.35. The predicted octanol–water partition coefficient (Wildman–Crippen LogP) is 5.35. The first-order valence-electron chi connectivity index (χ1n) is 10.8. The molecule has 0 atom stereocenters. The van der Waals surface area contributed by atoms with Crippen molar-refractivity contribution in [2.24, 2.45) is 0 Å². The van der Waals surface area contributed by atoms with E-state index < -0.39 is 35.8 Å². The quantitative estimate of drug-likeness (QED) is 0.347.